The Kier molecular flexibility index (Phi) is 7.30. The molecular formula is C12H17Cl2NS. The molecular weight excluding hydrogens is 261 g/mol. The van der Waals surface area contributed by atoms with Gasteiger partial charge in [-0.2, -0.15) is 0 Å². The number of halogens is 2. The zero-order valence-corrected chi connectivity index (χ0v) is 11.8. The largest absolute Gasteiger partial charge is 0.317 e. The van der Waals surface area contributed by atoms with Crippen molar-refractivity contribution in [2.75, 3.05) is 18.8 Å². The maximum Gasteiger partial charge on any atom is 0.0542 e. The number of thioether (sulfide) groups is 1. The summed E-state index contributed by atoms with van der Waals surface area (Å²) in [5.41, 5.74) is 0. The van der Waals surface area contributed by atoms with Crippen molar-refractivity contribution in [1.82, 2.24) is 5.32 Å². The summed E-state index contributed by atoms with van der Waals surface area (Å²) in [7, 11) is 0. The van der Waals surface area contributed by atoms with E-state index < -0.39 is 0 Å². The average Bonchev–Trinajstić information content (AvgIpc) is 2.28. The molecule has 1 aromatic rings. The summed E-state index contributed by atoms with van der Waals surface area (Å²) < 4.78 is 0. The van der Waals surface area contributed by atoms with Crippen LogP contribution in [0.2, 0.25) is 10.0 Å². The maximum absolute atomic E-state index is 6.07. The Labute approximate surface area is 112 Å². The molecule has 1 N–H and O–H groups in total. The molecule has 1 rings (SSSR count). The molecule has 0 aliphatic rings. The van der Waals surface area contributed by atoms with Crippen molar-refractivity contribution >= 4 is 35.0 Å². The van der Waals surface area contributed by atoms with Gasteiger partial charge in [-0.3, -0.25) is 0 Å². The van der Waals surface area contributed by atoms with E-state index in [2.05, 4.69) is 12.2 Å². The van der Waals surface area contributed by atoms with Gasteiger partial charge in [0.05, 0.1) is 5.02 Å². The monoisotopic (exact) mass is 277 g/mol. The summed E-state index contributed by atoms with van der Waals surface area (Å²) in [5.74, 6) is 1.09. The Morgan fingerprint density at radius 1 is 1.25 bits per heavy atom. The molecule has 0 saturated heterocycles. The van der Waals surface area contributed by atoms with Gasteiger partial charge in [0, 0.05) is 9.92 Å². The fourth-order valence-corrected chi connectivity index (χ4v) is 2.80. The second-order valence-corrected chi connectivity index (χ2v) is 5.46. The first-order chi connectivity index (χ1) is 7.74. The second kappa shape index (κ2) is 8.24. The van der Waals surface area contributed by atoms with Crippen LogP contribution in [0.4, 0.5) is 0 Å². The predicted octanol–water partition coefficient (Wildman–Crippen LogP) is 4.48. The van der Waals surface area contributed by atoms with Gasteiger partial charge in [-0.05, 0) is 49.9 Å². The van der Waals surface area contributed by atoms with Gasteiger partial charge in [-0.25, -0.2) is 0 Å². The number of rotatable bonds is 7. The Bertz CT molecular complexity index is 318. The lowest BCUT2D eigenvalue weighted by molar-refractivity contribution is 0.666. The van der Waals surface area contributed by atoms with Crippen molar-refractivity contribution in [1.29, 1.82) is 0 Å². The summed E-state index contributed by atoms with van der Waals surface area (Å²) in [6.07, 6.45) is 2.40. The van der Waals surface area contributed by atoms with Crippen LogP contribution in [0.5, 0.6) is 0 Å². The number of nitrogens with one attached hydrogen (secondary N) is 1. The molecule has 0 saturated carbocycles. The zero-order valence-electron chi connectivity index (χ0n) is 9.43. The first-order valence-corrected chi connectivity index (χ1v) is 7.26. The first-order valence-electron chi connectivity index (χ1n) is 5.52. The van der Waals surface area contributed by atoms with Crippen LogP contribution in [0, 0.1) is 0 Å². The highest BCUT2D eigenvalue weighted by molar-refractivity contribution is 7.99. The normalized spacial score (nSPS) is 10.7. The zero-order chi connectivity index (χ0) is 11.8. The van der Waals surface area contributed by atoms with Crippen LogP contribution in [0.15, 0.2) is 23.1 Å². The number of hydrogen-bond donors (Lipinski definition) is 1. The molecule has 0 bridgehead atoms. The minimum Gasteiger partial charge on any atom is -0.317 e. The molecule has 0 aliphatic heterocycles. The SMILES string of the molecule is CCNCCCCSc1cc(Cl)ccc1Cl. The summed E-state index contributed by atoms with van der Waals surface area (Å²) >= 11 is 13.8. The van der Waals surface area contributed by atoms with Crippen molar-refractivity contribution in [3.05, 3.63) is 28.2 Å². The van der Waals surface area contributed by atoms with Gasteiger partial charge in [-0.15, -0.1) is 11.8 Å². The minimum atomic E-state index is 0.750. The van der Waals surface area contributed by atoms with E-state index in [1.165, 1.54) is 12.8 Å². The van der Waals surface area contributed by atoms with E-state index in [1.807, 2.05) is 18.2 Å². The molecule has 4 heteroatoms. The van der Waals surface area contributed by atoms with Crippen LogP contribution < -0.4 is 5.32 Å². The Hall–Kier alpha value is 0.110. The maximum atomic E-state index is 6.07. The molecule has 0 spiro atoms. The standard InChI is InChI=1S/C12H17Cl2NS/c1-2-15-7-3-4-8-16-12-9-10(13)5-6-11(12)14/h5-6,9,15H,2-4,7-8H2,1H3. The molecule has 1 nitrogen and oxygen atoms in total. The van der Waals surface area contributed by atoms with Crippen LogP contribution in [0.1, 0.15) is 19.8 Å². The molecule has 1 aromatic carbocycles. The van der Waals surface area contributed by atoms with E-state index in [1.54, 1.807) is 11.8 Å². The number of unbranched alkanes of at least 4 members (excludes halogenated alkanes) is 1. The third-order valence-electron chi connectivity index (χ3n) is 2.15. The molecule has 0 radical (unpaired) electrons. The van der Waals surface area contributed by atoms with E-state index in [9.17, 15) is 0 Å². The first kappa shape index (κ1) is 14.2. The quantitative estimate of drug-likeness (QED) is 0.583. The fraction of sp³-hybridized carbons (Fsp3) is 0.500. The molecule has 0 unspecified atom stereocenters. The number of hydrogen-bond acceptors (Lipinski definition) is 2. The van der Waals surface area contributed by atoms with Crippen molar-refractivity contribution in [3.8, 4) is 0 Å². The van der Waals surface area contributed by atoms with E-state index in [4.69, 9.17) is 23.2 Å². The summed E-state index contributed by atoms with van der Waals surface area (Å²) in [6, 6.07) is 5.60. The highest BCUT2D eigenvalue weighted by atomic mass is 35.5. The third-order valence-corrected chi connectivity index (χ3v) is 3.97. The van der Waals surface area contributed by atoms with Gasteiger partial charge in [0.25, 0.3) is 0 Å². The van der Waals surface area contributed by atoms with Crippen LogP contribution in [-0.2, 0) is 0 Å². The van der Waals surface area contributed by atoms with Crippen LogP contribution in [0.3, 0.4) is 0 Å². The lowest BCUT2D eigenvalue weighted by Gasteiger charge is -2.05. The van der Waals surface area contributed by atoms with Crippen molar-refractivity contribution in [2.24, 2.45) is 0 Å². The highest BCUT2D eigenvalue weighted by Gasteiger charge is 2.01. The molecule has 90 valence electrons. The average molecular weight is 278 g/mol. The molecule has 0 heterocycles. The van der Waals surface area contributed by atoms with Gasteiger partial charge < -0.3 is 5.32 Å². The summed E-state index contributed by atoms with van der Waals surface area (Å²) in [4.78, 5) is 1.08. The lowest BCUT2D eigenvalue weighted by atomic mass is 10.3. The second-order valence-electron chi connectivity index (χ2n) is 3.48. The van der Waals surface area contributed by atoms with Crippen molar-refractivity contribution in [3.63, 3.8) is 0 Å². The third kappa shape index (κ3) is 5.44. The van der Waals surface area contributed by atoms with Gasteiger partial charge >= 0.3 is 0 Å². The van der Waals surface area contributed by atoms with E-state index in [0.717, 1.165) is 33.8 Å². The van der Waals surface area contributed by atoms with E-state index in [0.29, 0.717) is 0 Å². The van der Waals surface area contributed by atoms with Gasteiger partial charge in [0.15, 0.2) is 0 Å². The Balaban J connectivity index is 2.23. The number of benzene rings is 1. The van der Waals surface area contributed by atoms with Gasteiger partial charge in [-0.1, -0.05) is 30.1 Å². The molecule has 0 aliphatic carbocycles. The van der Waals surface area contributed by atoms with Crippen LogP contribution in [0.25, 0.3) is 0 Å². The van der Waals surface area contributed by atoms with Crippen molar-refractivity contribution < 1.29 is 0 Å². The Morgan fingerprint density at radius 2 is 2.06 bits per heavy atom. The molecule has 0 fully saturated rings. The molecule has 0 amide bonds. The van der Waals surface area contributed by atoms with E-state index >= 15 is 0 Å². The highest BCUT2D eigenvalue weighted by Crippen LogP contribution is 2.30. The van der Waals surface area contributed by atoms with E-state index in [-0.39, 0.29) is 0 Å². The topological polar surface area (TPSA) is 12.0 Å². The van der Waals surface area contributed by atoms with Gasteiger partial charge in [0.2, 0.25) is 0 Å². The molecule has 16 heavy (non-hydrogen) atoms. The van der Waals surface area contributed by atoms with Crippen LogP contribution in [-0.4, -0.2) is 18.8 Å². The van der Waals surface area contributed by atoms with Crippen molar-refractivity contribution in [2.45, 2.75) is 24.7 Å². The summed E-state index contributed by atoms with van der Waals surface area (Å²) in [5, 5.41) is 4.85. The summed E-state index contributed by atoms with van der Waals surface area (Å²) in [6.45, 7) is 4.27. The molecule has 0 aromatic heterocycles. The Morgan fingerprint density at radius 3 is 2.81 bits per heavy atom. The lowest BCUT2D eigenvalue weighted by Crippen LogP contribution is -2.13. The van der Waals surface area contributed by atoms with Crippen LogP contribution >= 0.6 is 35.0 Å². The smallest absolute Gasteiger partial charge is 0.0542 e. The molecule has 0 atom stereocenters. The fourth-order valence-electron chi connectivity index (χ4n) is 1.30. The minimum absolute atomic E-state index is 0.750. The predicted molar refractivity (Wildman–Crippen MR) is 75.0 cm³/mol. The van der Waals surface area contributed by atoms with Gasteiger partial charge in [0.1, 0.15) is 0 Å².